The Kier molecular flexibility index (Phi) is 3.46. The van der Waals surface area contributed by atoms with Crippen LogP contribution >= 0.6 is 0 Å². The highest BCUT2D eigenvalue weighted by atomic mass is 16.2. The summed E-state index contributed by atoms with van der Waals surface area (Å²) in [4.78, 5) is 23.4. The molecule has 0 radical (unpaired) electrons. The maximum Gasteiger partial charge on any atom is 0.254 e. The molecule has 0 saturated carbocycles. The number of nitrogen functional groups attached to an aromatic ring is 1. The molecule has 2 aromatic heterocycles. The van der Waals surface area contributed by atoms with Gasteiger partial charge in [0.2, 0.25) is 5.95 Å². The Morgan fingerprint density at radius 3 is 2.89 bits per heavy atom. The van der Waals surface area contributed by atoms with Gasteiger partial charge in [0.15, 0.2) is 0 Å². The lowest BCUT2D eigenvalue weighted by atomic mass is 10.1. The smallest absolute Gasteiger partial charge is 0.254 e. The van der Waals surface area contributed by atoms with E-state index in [2.05, 4.69) is 27.4 Å². The molecule has 0 saturated heterocycles. The van der Waals surface area contributed by atoms with E-state index in [0.717, 1.165) is 23.2 Å². The van der Waals surface area contributed by atoms with Gasteiger partial charge < -0.3 is 16.0 Å². The standard InChI is InChI=1S/C20H18N6O/c21-15-4-3-11-22-19(15)23-13-7-9-14(10-8-13)25-12-18(27)26-17-6-2-1-5-16(17)24-20(25)26/h1-7,9-11,13H,8,12,21H2,(H,22,23). The number of allylic oxidation sites excluding steroid dienone is 1. The van der Waals surface area contributed by atoms with Crippen molar-refractivity contribution in [1.29, 1.82) is 0 Å². The number of para-hydroxylation sites is 2. The van der Waals surface area contributed by atoms with Crippen molar-refractivity contribution in [3.8, 4) is 0 Å². The van der Waals surface area contributed by atoms with E-state index in [1.54, 1.807) is 10.8 Å². The second-order valence-corrected chi connectivity index (χ2v) is 6.63. The van der Waals surface area contributed by atoms with Gasteiger partial charge in [-0.3, -0.25) is 4.79 Å². The van der Waals surface area contributed by atoms with E-state index in [1.807, 2.05) is 47.4 Å². The van der Waals surface area contributed by atoms with Crippen molar-refractivity contribution in [1.82, 2.24) is 14.5 Å². The van der Waals surface area contributed by atoms with Gasteiger partial charge in [0.05, 0.1) is 16.7 Å². The van der Waals surface area contributed by atoms with Gasteiger partial charge >= 0.3 is 0 Å². The predicted octanol–water partition coefficient (Wildman–Crippen LogP) is 2.80. The first-order valence-corrected chi connectivity index (χ1v) is 8.84. The average molecular weight is 358 g/mol. The molecule has 7 heteroatoms. The first-order chi connectivity index (χ1) is 13.2. The number of nitrogens with one attached hydrogen (secondary N) is 1. The van der Waals surface area contributed by atoms with E-state index in [-0.39, 0.29) is 11.9 Å². The number of nitrogens with two attached hydrogens (primary N) is 1. The maximum absolute atomic E-state index is 12.5. The monoisotopic (exact) mass is 358 g/mol. The molecule has 7 nitrogen and oxygen atoms in total. The molecule has 1 aromatic carbocycles. The Balaban J connectivity index is 1.39. The molecule has 134 valence electrons. The lowest BCUT2D eigenvalue weighted by molar-refractivity contribution is 0.0946. The zero-order chi connectivity index (χ0) is 18.4. The van der Waals surface area contributed by atoms with Crippen molar-refractivity contribution in [3.05, 3.63) is 66.5 Å². The van der Waals surface area contributed by atoms with Gasteiger partial charge in [-0.25, -0.2) is 14.5 Å². The molecule has 1 aliphatic carbocycles. The molecule has 1 aliphatic heterocycles. The zero-order valence-electron chi connectivity index (χ0n) is 14.5. The van der Waals surface area contributed by atoms with Crippen LogP contribution in [0.3, 0.4) is 0 Å². The number of hydrogen-bond acceptors (Lipinski definition) is 6. The quantitative estimate of drug-likeness (QED) is 0.748. The summed E-state index contributed by atoms with van der Waals surface area (Å²) in [5, 5.41) is 3.34. The van der Waals surface area contributed by atoms with Crippen LogP contribution < -0.4 is 16.0 Å². The minimum Gasteiger partial charge on any atom is -0.396 e. The summed E-state index contributed by atoms with van der Waals surface area (Å²) < 4.78 is 1.70. The van der Waals surface area contributed by atoms with Crippen LogP contribution in [0.1, 0.15) is 11.2 Å². The second-order valence-electron chi connectivity index (χ2n) is 6.63. The van der Waals surface area contributed by atoms with Gasteiger partial charge in [-0.05, 0) is 36.8 Å². The fourth-order valence-corrected chi connectivity index (χ4v) is 3.55. The van der Waals surface area contributed by atoms with Crippen molar-refractivity contribution < 1.29 is 4.79 Å². The van der Waals surface area contributed by atoms with Crippen LogP contribution in [0.2, 0.25) is 0 Å². The fourth-order valence-electron chi connectivity index (χ4n) is 3.55. The van der Waals surface area contributed by atoms with Gasteiger partial charge in [0, 0.05) is 17.9 Å². The minimum absolute atomic E-state index is 0.0366. The van der Waals surface area contributed by atoms with Gasteiger partial charge in [-0.15, -0.1) is 0 Å². The number of carbonyl (C=O) groups excluding carboxylic acids is 1. The highest BCUT2D eigenvalue weighted by Gasteiger charge is 2.32. The van der Waals surface area contributed by atoms with E-state index >= 15 is 0 Å². The van der Waals surface area contributed by atoms with Crippen molar-refractivity contribution in [2.75, 3.05) is 22.5 Å². The minimum atomic E-state index is 0.0366. The van der Waals surface area contributed by atoms with E-state index in [0.29, 0.717) is 24.0 Å². The van der Waals surface area contributed by atoms with Crippen LogP contribution in [0, 0.1) is 0 Å². The van der Waals surface area contributed by atoms with Crippen LogP contribution in [0.4, 0.5) is 17.5 Å². The number of carbonyl (C=O) groups is 1. The molecule has 1 atom stereocenters. The normalized spacial score (nSPS) is 18.7. The van der Waals surface area contributed by atoms with Crippen LogP contribution in [-0.2, 0) is 0 Å². The largest absolute Gasteiger partial charge is 0.396 e. The van der Waals surface area contributed by atoms with Gasteiger partial charge in [-0.1, -0.05) is 24.3 Å². The fraction of sp³-hybridized carbons (Fsp3) is 0.150. The van der Waals surface area contributed by atoms with Gasteiger partial charge in [0.1, 0.15) is 12.4 Å². The van der Waals surface area contributed by atoms with Gasteiger partial charge in [-0.2, -0.15) is 0 Å². The molecule has 2 aliphatic rings. The Hall–Kier alpha value is -3.61. The summed E-state index contributed by atoms with van der Waals surface area (Å²) in [7, 11) is 0. The van der Waals surface area contributed by atoms with Crippen molar-refractivity contribution >= 4 is 34.4 Å². The number of benzene rings is 1. The molecule has 0 spiro atoms. The van der Waals surface area contributed by atoms with Crippen molar-refractivity contribution in [2.24, 2.45) is 0 Å². The summed E-state index contributed by atoms with van der Waals surface area (Å²) in [6.45, 7) is 0.300. The average Bonchev–Trinajstić information content (AvgIpc) is 3.22. The molecule has 3 heterocycles. The number of pyridine rings is 1. The highest BCUT2D eigenvalue weighted by molar-refractivity contribution is 6.00. The van der Waals surface area contributed by atoms with Crippen LogP contribution in [-0.4, -0.2) is 33.0 Å². The number of hydrogen-bond donors (Lipinski definition) is 2. The summed E-state index contributed by atoms with van der Waals surface area (Å²) in [5.74, 6) is 1.40. The van der Waals surface area contributed by atoms with Crippen LogP contribution in [0.15, 0.2) is 66.5 Å². The van der Waals surface area contributed by atoms with E-state index in [4.69, 9.17) is 5.73 Å². The topological polar surface area (TPSA) is 89.1 Å². The summed E-state index contributed by atoms with van der Waals surface area (Å²) in [6.07, 6.45) is 8.68. The number of aromatic nitrogens is 3. The van der Waals surface area contributed by atoms with E-state index in [9.17, 15) is 4.79 Å². The molecule has 3 aromatic rings. The van der Waals surface area contributed by atoms with E-state index in [1.165, 1.54) is 0 Å². The molecule has 1 unspecified atom stereocenters. The van der Waals surface area contributed by atoms with Gasteiger partial charge in [0.25, 0.3) is 5.91 Å². The maximum atomic E-state index is 12.5. The number of nitrogens with zero attached hydrogens (tertiary/aromatic N) is 4. The van der Waals surface area contributed by atoms with E-state index < -0.39 is 0 Å². The molecular formula is C20H18N6O. The molecule has 5 rings (SSSR count). The summed E-state index contributed by atoms with van der Waals surface area (Å²) in [6, 6.07) is 11.4. The Labute approximate surface area is 155 Å². The molecule has 0 bridgehead atoms. The zero-order valence-corrected chi connectivity index (χ0v) is 14.5. The van der Waals surface area contributed by atoms with Crippen molar-refractivity contribution in [2.45, 2.75) is 12.5 Å². The lowest BCUT2D eigenvalue weighted by Crippen LogP contribution is -2.26. The SMILES string of the molecule is Nc1cccnc1NC1C=CC(N2CC(=O)n3c2nc2ccccc23)=CC1. The number of rotatable bonds is 3. The first kappa shape index (κ1) is 15.6. The highest BCUT2D eigenvalue weighted by Crippen LogP contribution is 2.31. The number of anilines is 3. The predicted molar refractivity (Wildman–Crippen MR) is 106 cm³/mol. The Morgan fingerprint density at radius 2 is 2.07 bits per heavy atom. The Bertz CT molecular complexity index is 1110. The molecular weight excluding hydrogens is 340 g/mol. The van der Waals surface area contributed by atoms with Crippen molar-refractivity contribution in [3.63, 3.8) is 0 Å². The molecule has 0 fully saturated rings. The van der Waals surface area contributed by atoms with Crippen LogP contribution in [0.5, 0.6) is 0 Å². The molecule has 27 heavy (non-hydrogen) atoms. The summed E-state index contributed by atoms with van der Waals surface area (Å²) in [5.41, 5.74) is 9.23. The molecule has 3 N–H and O–H groups in total. The van der Waals surface area contributed by atoms with Crippen LogP contribution in [0.25, 0.3) is 11.0 Å². The molecule has 0 amide bonds. The number of fused-ring (bicyclic) bond motifs is 3. The third-order valence-electron chi connectivity index (χ3n) is 4.88. The third kappa shape index (κ3) is 2.55. The second kappa shape index (κ2) is 5.98. The number of imidazole rings is 1. The summed E-state index contributed by atoms with van der Waals surface area (Å²) >= 11 is 0. The lowest BCUT2D eigenvalue weighted by Gasteiger charge is -2.23. The third-order valence-corrected chi connectivity index (χ3v) is 4.88. The first-order valence-electron chi connectivity index (χ1n) is 8.84. The Morgan fingerprint density at radius 1 is 1.19 bits per heavy atom.